The maximum Gasteiger partial charge on any atom is 0.416 e. The number of carbonyl (C=O) groups is 1. The Morgan fingerprint density at radius 1 is 1.32 bits per heavy atom. The van der Waals surface area contributed by atoms with Crippen molar-refractivity contribution in [2.75, 3.05) is 12.3 Å². The highest BCUT2D eigenvalue weighted by Crippen LogP contribution is 2.33. The SMILES string of the molecule is CC(C)(C)OC(O)N[C@@H](COc1ccc(C(F)(F)F)cc1N)C(=O)O. The summed E-state index contributed by atoms with van der Waals surface area (Å²) < 4.78 is 48.0. The highest BCUT2D eigenvalue weighted by Gasteiger charge is 2.31. The summed E-state index contributed by atoms with van der Waals surface area (Å²) in [4.78, 5) is 11.2. The number of aliphatic hydroxyl groups is 1. The van der Waals surface area contributed by atoms with E-state index in [9.17, 15) is 23.1 Å². The smallest absolute Gasteiger partial charge is 0.416 e. The van der Waals surface area contributed by atoms with Crippen molar-refractivity contribution in [1.82, 2.24) is 5.32 Å². The fourth-order valence-electron chi connectivity index (χ4n) is 1.76. The van der Waals surface area contributed by atoms with Crippen molar-refractivity contribution in [2.24, 2.45) is 0 Å². The summed E-state index contributed by atoms with van der Waals surface area (Å²) in [5, 5.41) is 21.1. The molecule has 2 atom stereocenters. The monoisotopic (exact) mass is 366 g/mol. The highest BCUT2D eigenvalue weighted by molar-refractivity contribution is 5.73. The minimum atomic E-state index is -4.55. The Labute approximate surface area is 142 Å². The number of nitrogens with two attached hydrogens (primary N) is 1. The van der Waals surface area contributed by atoms with Gasteiger partial charge < -0.3 is 25.4 Å². The van der Waals surface area contributed by atoms with Crippen LogP contribution in [-0.2, 0) is 15.7 Å². The van der Waals surface area contributed by atoms with E-state index < -0.39 is 42.4 Å². The second-order valence-corrected chi connectivity index (χ2v) is 6.20. The van der Waals surface area contributed by atoms with Crippen LogP contribution in [0.2, 0.25) is 0 Å². The van der Waals surface area contributed by atoms with Crippen LogP contribution in [0.1, 0.15) is 26.3 Å². The van der Waals surface area contributed by atoms with Crippen LogP contribution >= 0.6 is 0 Å². The highest BCUT2D eigenvalue weighted by atomic mass is 19.4. The summed E-state index contributed by atoms with van der Waals surface area (Å²) in [5.74, 6) is -1.45. The van der Waals surface area contributed by atoms with Gasteiger partial charge in [-0.3, -0.25) is 10.1 Å². The minimum Gasteiger partial charge on any atom is -0.489 e. The lowest BCUT2D eigenvalue weighted by Crippen LogP contribution is -2.49. The number of anilines is 1. The van der Waals surface area contributed by atoms with Gasteiger partial charge in [0.15, 0.2) is 0 Å². The van der Waals surface area contributed by atoms with Crippen molar-refractivity contribution >= 4 is 11.7 Å². The molecule has 1 unspecified atom stereocenters. The summed E-state index contributed by atoms with van der Waals surface area (Å²) in [5.41, 5.74) is 3.54. The van der Waals surface area contributed by atoms with Crippen LogP contribution in [0.15, 0.2) is 18.2 Å². The van der Waals surface area contributed by atoms with E-state index in [2.05, 4.69) is 5.32 Å². The number of hydrogen-bond donors (Lipinski definition) is 4. The van der Waals surface area contributed by atoms with Crippen molar-refractivity contribution in [3.05, 3.63) is 23.8 Å². The van der Waals surface area contributed by atoms with E-state index >= 15 is 0 Å². The van der Waals surface area contributed by atoms with Crippen LogP contribution in [0.5, 0.6) is 5.75 Å². The number of alkyl halides is 3. The van der Waals surface area contributed by atoms with Gasteiger partial charge in [0.05, 0.1) is 16.9 Å². The first-order valence-electron chi connectivity index (χ1n) is 7.24. The Morgan fingerprint density at radius 2 is 1.92 bits per heavy atom. The molecule has 10 heteroatoms. The van der Waals surface area contributed by atoms with Gasteiger partial charge >= 0.3 is 12.1 Å². The molecule has 25 heavy (non-hydrogen) atoms. The Balaban J connectivity index is 2.74. The van der Waals surface area contributed by atoms with Crippen LogP contribution in [-0.4, -0.2) is 40.8 Å². The van der Waals surface area contributed by atoms with E-state index in [1.54, 1.807) is 20.8 Å². The molecule has 7 nitrogen and oxygen atoms in total. The fourth-order valence-corrected chi connectivity index (χ4v) is 1.76. The lowest BCUT2D eigenvalue weighted by atomic mass is 10.2. The fraction of sp³-hybridized carbons (Fsp3) is 0.533. The molecule has 0 aliphatic heterocycles. The van der Waals surface area contributed by atoms with Gasteiger partial charge in [0, 0.05) is 0 Å². The number of carboxylic acids is 1. The molecule has 142 valence electrons. The van der Waals surface area contributed by atoms with E-state index in [0.717, 1.165) is 12.1 Å². The van der Waals surface area contributed by atoms with E-state index in [-0.39, 0.29) is 11.4 Å². The molecule has 0 aliphatic carbocycles. The zero-order valence-corrected chi connectivity index (χ0v) is 13.9. The topological polar surface area (TPSA) is 114 Å². The summed E-state index contributed by atoms with van der Waals surface area (Å²) in [6.45, 7) is 4.49. The molecule has 5 N–H and O–H groups in total. The van der Waals surface area contributed by atoms with Gasteiger partial charge in [0.25, 0.3) is 0 Å². The molecule has 0 bridgehead atoms. The number of benzene rings is 1. The number of halogens is 3. The van der Waals surface area contributed by atoms with E-state index in [4.69, 9.17) is 20.3 Å². The second kappa shape index (κ2) is 7.89. The van der Waals surface area contributed by atoms with Crippen molar-refractivity contribution in [3.63, 3.8) is 0 Å². The molecular weight excluding hydrogens is 345 g/mol. The maximum absolute atomic E-state index is 12.6. The zero-order chi connectivity index (χ0) is 19.4. The number of rotatable bonds is 7. The number of carboxylic acid groups (broad SMARTS) is 1. The predicted octanol–water partition coefficient (Wildman–Crippen LogP) is 1.80. The summed E-state index contributed by atoms with van der Waals surface area (Å²) >= 11 is 0. The lowest BCUT2D eigenvalue weighted by Gasteiger charge is -2.26. The van der Waals surface area contributed by atoms with Crippen LogP contribution in [0.4, 0.5) is 18.9 Å². The molecule has 0 aromatic heterocycles. The number of hydrogen-bond acceptors (Lipinski definition) is 6. The zero-order valence-electron chi connectivity index (χ0n) is 13.9. The third-order valence-corrected chi connectivity index (χ3v) is 2.85. The lowest BCUT2D eigenvalue weighted by molar-refractivity contribution is -0.190. The first-order chi connectivity index (χ1) is 11.3. The molecule has 0 spiro atoms. The molecule has 0 heterocycles. The third kappa shape index (κ3) is 7.16. The molecule has 1 rings (SSSR count). The molecule has 0 saturated carbocycles. The van der Waals surface area contributed by atoms with Crippen LogP contribution in [0.3, 0.4) is 0 Å². The van der Waals surface area contributed by atoms with Crippen molar-refractivity contribution in [1.29, 1.82) is 0 Å². The number of aliphatic hydroxyl groups excluding tert-OH is 1. The first-order valence-corrected chi connectivity index (χ1v) is 7.24. The third-order valence-electron chi connectivity index (χ3n) is 2.85. The summed E-state index contributed by atoms with van der Waals surface area (Å²) in [6.07, 6.45) is -6.12. The molecule has 0 amide bonds. The van der Waals surface area contributed by atoms with E-state index in [1.807, 2.05) is 0 Å². The average molecular weight is 366 g/mol. The molecule has 0 saturated heterocycles. The Hall–Kier alpha value is -2.04. The van der Waals surface area contributed by atoms with Gasteiger partial charge in [0.2, 0.25) is 6.41 Å². The van der Waals surface area contributed by atoms with Gasteiger partial charge in [-0.25, -0.2) is 0 Å². The molecule has 0 fully saturated rings. The van der Waals surface area contributed by atoms with Crippen LogP contribution in [0.25, 0.3) is 0 Å². The van der Waals surface area contributed by atoms with Crippen molar-refractivity contribution in [2.45, 2.75) is 45.0 Å². The maximum atomic E-state index is 12.6. The van der Waals surface area contributed by atoms with E-state index in [0.29, 0.717) is 6.07 Å². The number of ether oxygens (including phenoxy) is 2. The van der Waals surface area contributed by atoms with Gasteiger partial charge in [-0.2, -0.15) is 13.2 Å². The molecule has 0 radical (unpaired) electrons. The molecular formula is C15H21F3N2O5. The largest absolute Gasteiger partial charge is 0.489 e. The molecule has 1 aromatic carbocycles. The minimum absolute atomic E-state index is 0.104. The summed E-state index contributed by atoms with van der Waals surface area (Å²) in [7, 11) is 0. The Bertz CT molecular complexity index is 602. The van der Waals surface area contributed by atoms with Crippen molar-refractivity contribution in [3.8, 4) is 5.75 Å². The Kier molecular flexibility index (Phi) is 6.63. The van der Waals surface area contributed by atoms with Gasteiger partial charge in [0.1, 0.15) is 18.4 Å². The molecule has 1 aromatic rings. The van der Waals surface area contributed by atoms with E-state index in [1.165, 1.54) is 0 Å². The number of nitrogen functional groups attached to an aromatic ring is 1. The number of nitrogens with one attached hydrogen (secondary N) is 1. The average Bonchev–Trinajstić information content (AvgIpc) is 2.41. The van der Waals surface area contributed by atoms with Gasteiger partial charge in [-0.05, 0) is 39.0 Å². The quantitative estimate of drug-likeness (QED) is 0.430. The second-order valence-electron chi connectivity index (χ2n) is 6.20. The normalized spacial score (nSPS) is 14.8. The predicted molar refractivity (Wildman–Crippen MR) is 82.8 cm³/mol. The molecule has 0 aliphatic rings. The van der Waals surface area contributed by atoms with Gasteiger partial charge in [-0.15, -0.1) is 0 Å². The van der Waals surface area contributed by atoms with Crippen molar-refractivity contribution < 1.29 is 37.7 Å². The van der Waals surface area contributed by atoms with Crippen LogP contribution in [0, 0.1) is 0 Å². The first kappa shape index (κ1) is 21.0. The summed E-state index contributed by atoms with van der Waals surface area (Å²) in [6, 6.07) is 1.08. The number of aliphatic carboxylic acids is 1. The Morgan fingerprint density at radius 3 is 2.36 bits per heavy atom. The standard InChI is InChI=1S/C15H21F3N2O5/c1-14(2,3)25-13(23)20-10(12(21)22)7-24-11-5-4-8(6-9(11)19)15(16,17)18/h4-6,10,13,20,23H,7,19H2,1-3H3,(H,21,22)/t10-,13?/m0/s1. The van der Waals surface area contributed by atoms with Gasteiger partial charge in [-0.1, -0.05) is 0 Å². The van der Waals surface area contributed by atoms with Crippen LogP contribution < -0.4 is 15.8 Å².